The van der Waals surface area contributed by atoms with Crippen molar-refractivity contribution in [2.75, 3.05) is 32.5 Å². The average Bonchev–Trinajstić information content (AvgIpc) is 2.41. The highest BCUT2D eigenvalue weighted by atomic mass is 16.5. The third kappa shape index (κ3) is 5.93. The number of nitrogens with two attached hydrogens (primary N) is 1. The molecule has 0 bridgehead atoms. The lowest BCUT2D eigenvalue weighted by molar-refractivity contribution is -0.137. The molecular weight excluding hydrogens is 256 g/mol. The van der Waals surface area contributed by atoms with Crippen molar-refractivity contribution in [2.45, 2.75) is 26.2 Å². The van der Waals surface area contributed by atoms with E-state index in [-0.39, 0.29) is 6.42 Å². The van der Waals surface area contributed by atoms with E-state index in [1.165, 1.54) is 0 Å². The van der Waals surface area contributed by atoms with Gasteiger partial charge >= 0.3 is 5.97 Å². The maximum Gasteiger partial charge on any atom is 0.304 e. The molecule has 0 aliphatic heterocycles. The van der Waals surface area contributed by atoms with Crippen molar-refractivity contribution < 1.29 is 14.6 Å². The largest absolute Gasteiger partial charge is 0.491 e. The predicted octanol–water partition coefficient (Wildman–Crippen LogP) is 2.01. The number of hydrogen-bond donors (Lipinski definition) is 2. The van der Waals surface area contributed by atoms with Gasteiger partial charge in [0.15, 0.2) is 0 Å². The zero-order valence-electron chi connectivity index (χ0n) is 12.3. The lowest BCUT2D eigenvalue weighted by atomic mass is 10.1. The molecule has 0 aromatic heterocycles. The SMILES string of the molecule is CCCOc1ccc(CCN(C)CCC(=O)O)cc1N. The molecule has 20 heavy (non-hydrogen) atoms. The molecule has 0 fully saturated rings. The Hall–Kier alpha value is -1.75. The van der Waals surface area contributed by atoms with Gasteiger partial charge in [0.2, 0.25) is 0 Å². The quantitative estimate of drug-likeness (QED) is 0.677. The fourth-order valence-electron chi connectivity index (χ4n) is 1.82. The first-order valence-electron chi connectivity index (χ1n) is 6.94. The Morgan fingerprint density at radius 3 is 2.75 bits per heavy atom. The van der Waals surface area contributed by atoms with E-state index < -0.39 is 5.97 Å². The number of aliphatic carboxylic acids is 1. The molecule has 1 rings (SSSR count). The minimum atomic E-state index is -0.765. The summed E-state index contributed by atoms with van der Waals surface area (Å²) >= 11 is 0. The van der Waals surface area contributed by atoms with Gasteiger partial charge in [-0.3, -0.25) is 4.79 Å². The Bertz CT molecular complexity index is 435. The van der Waals surface area contributed by atoms with Gasteiger partial charge in [-0.1, -0.05) is 13.0 Å². The Morgan fingerprint density at radius 1 is 1.40 bits per heavy atom. The number of carboxylic acids is 1. The van der Waals surface area contributed by atoms with E-state index in [0.717, 1.165) is 30.7 Å². The van der Waals surface area contributed by atoms with Crippen LogP contribution in [0, 0.1) is 0 Å². The molecule has 0 heterocycles. The van der Waals surface area contributed by atoms with Crippen LogP contribution in [-0.2, 0) is 11.2 Å². The van der Waals surface area contributed by atoms with Crippen LogP contribution in [0.4, 0.5) is 5.69 Å². The van der Waals surface area contributed by atoms with E-state index in [0.29, 0.717) is 18.8 Å². The maximum atomic E-state index is 10.5. The van der Waals surface area contributed by atoms with Gasteiger partial charge in [0.05, 0.1) is 18.7 Å². The van der Waals surface area contributed by atoms with Crippen LogP contribution in [0.3, 0.4) is 0 Å². The van der Waals surface area contributed by atoms with Crippen molar-refractivity contribution in [3.63, 3.8) is 0 Å². The van der Waals surface area contributed by atoms with Crippen molar-refractivity contribution in [2.24, 2.45) is 0 Å². The number of carbonyl (C=O) groups is 1. The second-order valence-corrected chi connectivity index (χ2v) is 4.92. The van der Waals surface area contributed by atoms with E-state index in [9.17, 15) is 4.79 Å². The van der Waals surface area contributed by atoms with Gasteiger partial charge in [0.1, 0.15) is 5.75 Å². The van der Waals surface area contributed by atoms with E-state index in [1.54, 1.807) is 0 Å². The molecule has 5 nitrogen and oxygen atoms in total. The fourth-order valence-corrected chi connectivity index (χ4v) is 1.82. The van der Waals surface area contributed by atoms with Crippen molar-refractivity contribution >= 4 is 11.7 Å². The van der Waals surface area contributed by atoms with Crippen LogP contribution in [0.15, 0.2) is 18.2 Å². The molecule has 0 unspecified atom stereocenters. The summed E-state index contributed by atoms with van der Waals surface area (Å²) < 4.78 is 5.53. The number of anilines is 1. The van der Waals surface area contributed by atoms with Crippen LogP contribution < -0.4 is 10.5 Å². The standard InChI is InChI=1S/C15H24N2O3/c1-3-10-20-14-5-4-12(11-13(14)16)6-8-17(2)9-7-15(18)19/h4-5,11H,3,6-10,16H2,1-2H3,(H,18,19). The zero-order valence-corrected chi connectivity index (χ0v) is 12.3. The highest BCUT2D eigenvalue weighted by molar-refractivity contribution is 5.66. The molecule has 5 heteroatoms. The molecular formula is C15H24N2O3. The molecule has 0 saturated carbocycles. The van der Waals surface area contributed by atoms with Crippen molar-refractivity contribution in [1.29, 1.82) is 0 Å². The number of rotatable bonds is 9. The smallest absolute Gasteiger partial charge is 0.304 e. The second kappa shape index (κ2) is 8.43. The zero-order chi connectivity index (χ0) is 15.0. The minimum Gasteiger partial charge on any atom is -0.491 e. The van der Waals surface area contributed by atoms with Gasteiger partial charge in [0.25, 0.3) is 0 Å². The van der Waals surface area contributed by atoms with Crippen LogP contribution in [0.2, 0.25) is 0 Å². The number of benzene rings is 1. The molecule has 0 aliphatic carbocycles. The summed E-state index contributed by atoms with van der Waals surface area (Å²) in [5.74, 6) is -0.0339. The monoisotopic (exact) mass is 280 g/mol. The van der Waals surface area contributed by atoms with Gasteiger partial charge in [-0.25, -0.2) is 0 Å². The molecule has 112 valence electrons. The molecule has 3 N–H and O–H groups in total. The maximum absolute atomic E-state index is 10.5. The molecule has 0 radical (unpaired) electrons. The summed E-state index contributed by atoms with van der Waals surface area (Å²) in [7, 11) is 1.92. The third-order valence-corrected chi connectivity index (χ3v) is 3.03. The number of likely N-dealkylation sites (N-methyl/N-ethyl adjacent to an activating group) is 1. The van der Waals surface area contributed by atoms with Crippen LogP contribution in [0.25, 0.3) is 0 Å². The Morgan fingerprint density at radius 2 is 2.15 bits per heavy atom. The van der Waals surface area contributed by atoms with Gasteiger partial charge in [0, 0.05) is 13.1 Å². The first-order chi connectivity index (χ1) is 9.52. The highest BCUT2D eigenvalue weighted by Crippen LogP contribution is 2.23. The predicted molar refractivity (Wildman–Crippen MR) is 80.1 cm³/mol. The third-order valence-electron chi connectivity index (χ3n) is 3.03. The molecule has 1 aromatic rings. The van der Waals surface area contributed by atoms with Crippen LogP contribution in [0.1, 0.15) is 25.3 Å². The van der Waals surface area contributed by atoms with Gasteiger partial charge in [-0.15, -0.1) is 0 Å². The van der Waals surface area contributed by atoms with E-state index in [1.807, 2.05) is 30.1 Å². The second-order valence-electron chi connectivity index (χ2n) is 4.92. The number of carboxylic acid groups (broad SMARTS) is 1. The van der Waals surface area contributed by atoms with Gasteiger partial charge in [-0.05, 0) is 37.6 Å². The lowest BCUT2D eigenvalue weighted by Crippen LogP contribution is -2.24. The van der Waals surface area contributed by atoms with E-state index in [2.05, 4.69) is 6.92 Å². The number of nitrogens with zero attached hydrogens (tertiary/aromatic N) is 1. The molecule has 0 amide bonds. The number of ether oxygens (including phenoxy) is 1. The summed E-state index contributed by atoms with van der Waals surface area (Å²) in [6, 6.07) is 5.83. The van der Waals surface area contributed by atoms with Crippen LogP contribution in [0.5, 0.6) is 5.75 Å². The molecule has 0 spiro atoms. The Balaban J connectivity index is 2.44. The van der Waals surface area contributed by atoms with Crippen LogP contribution >= 0.6 is 0 Å². The van der Waals surface area contributed by atoms with Crippen molar-refractivity contribution in [3.8, 4) is 5.75 Å². The number of hydrogen-bond acceptors (Lipinski definition) is 4. The first kappa shape index (κ1) is 16.3. The molecule has 0 atom stereocenters. The summed E-state index contributed by atoms with van der Waals surface area (Å²) in [6.07, 6.45) is 1.96. The van der Waals surface area contributed by atoms with Crippen molar-refractivity contribution in [1.82, 2.24) is 4.90 Å². The van der Waals surface area contributed by atoms with E-state index in [4.69, 9.17) is 15.6 Å². The Labute approximate surface area is 120 Å². The lowest BCUT2D eigenvalue weighted by Gasteiger charge is -2.16. The minimum absolute atomic E-state index is 0.169. The summed E-state index contributed by atoms with van der Waals surface area (Å²) in [4.78, 5) is 12.5. The van der Waals surface area contributed by atoms with Crippen LogP contribution in [-0.4, -0.2) is 42.7 Å². The topological polar surface area (TPSA) is 75.8 Å². The highest BCUT2D eigenvalue weighted by Gasteiger charge is 2.05. The molecule has 0 saturated heterocycles. The summed E-state index contributed by atoms with van der Waals surface area (Å²) in [5.41, 5.74) is 7.74. The fraction of sp³-hybridized carbons (Fsp3) is 0.533. The van der Waals surface area contributed by atoms with Gasteiger partial charge < -0.3 is 20.5 Å². The van der Waals surface area contributed by atoms with Crippen molar-refractivity contribution in [3.05, 3.63) is 23.8 Å². The Kier molecular flexibility index (Phi) is 6.87. The summed E-state index contributed by atoms with van der Waals surface area (Å²) in [6.45, 7) is 4.09. The first-order valence-corrected chi connectivity index (χ1v) is 6.94. The summed E-state index contributed by atoms with van der Waals surface area (Å²) in [5, 5.41) is 8.63. The molecule has 0 aliphatic rings. The normalized spacial score (nSPS) is 10.8. The van der Waals surface area contributed by atoms with Gasteiger partial charge in [-0.2, -0.15) is 0 Å². The molecule has 1 aromatic carbocycles. The van der Waals surface area contributed by atoms with E-state index >= 15 is 0 Å². The average molecular weight is 280 g/mol. The number of nitrogen functional groups attached to an aromatic ring is 1.